The van der Waals surface area contributed by atoms with E-state index in [1.807, 2.05) is 6.92 Å². The van der Waals surface area contributed by atoms with E-state index in [1.54, 1.807) is 6.07 Å². The molecule has 18 heavy (non-hydrogen) atoms. The van der Waals surface area contributed by atoms with Gasteiger partial charge >= 0.3 is 0 Å². The van der Waals surface area contributed by atoms with Gasteiger partial charge in [0.05, 0.1) is 19.3 Å². The second-order valence-electron chi connectivity index (χ2n) is 3.91. The van der Waals surface area contributed by atoms with Crippen molar-refractivity contribution in [3.05, 3.63) is 0 Å². The summed E-state index contributed by atoms with van der Waals surface area (Å²) >= 11 is 0. The first kappa shape index (κ1) is 14.9. The summed E-state index contributed by atoms with van der Waals surface area (Å²) in [5.41, 5.74) is 0. The number of amides is 1. The lowest BCUT2D eigenvalue weighted by Gasteiger charge is -2.32. The van der Waals surface area contributed by atoms with Gasteiger partial charge in [0, 0.05) is 13.1 Å². The molecule has 1 saturated heterocycles. The molecule has 0 saturated carbocycles. The molecule has 0 radical (unpaired) electrons. The average Bonchev–Trinajstić information content (AvgIpc) is 2.36. The molecule has 0 aromatic carbocycles. The van der Waals surface area contributed by atoms with Crippen LogP contribution in [0.4, 0.5) is 0 Å². The van der Waals surface area contributed by atoms with Gasteiger partial charge in [0.25, 0.3) is 0 Å². The predicted molar refractivity (Wildman–Crippen MR) is 64.0 cm³/mol. The molecule has 8 heteroatoms. The van der Waals surface area contributed by atoms with Crippen LogP contribution in [0.5, 0.6) is 0 Å². The van der Waals surface area contributed by atoms with Crippen molar-refractivity contribution in [2.24, 2.45) is 0 Å². The van der Waals surface area contributed by atoms with E-state index in [9.17, 15) is 13.2 Å². The molecule has 0 bridgehead atoms. The van der Waals surface area contributed by atoms with Gasteiger partial charge in [-0.15, -0.1) is 0 Å². The number of ether oxygens (including phenoxy) is 1. The minimum absolute atomic E-state index is 0.0280. The van der Waals surface area contributed by atoms with Gasteiger partial charge in [0.2, 0.25) is 15.9 Å². The van der Waals surface area contributed by atoms with E-state index >= 15 is 0 Å². The van der Waals surface area contributed by atoms with Crippen LogP contribution in [0, 0.1) is 11.3 Å². The first-order chi connectivity index (χ1) is 8.53. The Bertz CT molecular complexity index is 429. The van der Waals surface area contributed by atoms with Crippen molar-refractivity contribution in [1.82, 2.24) is 9.62 Å². The van der Waals surface area contributed by atoms with Crippen LogP contribution in [0.15, 0.2) is 0 Å². The van der Waals surface area contributed by atoms with E-state index < -0.39 is 21.8 Å². The third-order valence-corrected chi connectivity index (χ3v) is 4.18. The lowest BCUT2D eigenvalue weighted by Crippen LogP contribution is -2.56. The van der Waals surface area contributed by atoms with Gasteiger partial charge in [0.15, 0.2) is 5.75 Å². The zero-order valence-corrected chi connectivity index (χ0v) is 11.1. The van der Waals surface area contributed by atoms with Gasteiger partial charge in [-0.05, 0) is 6.42 Å². The van der Waals surface area contributed by atoms with Crippen molar-refractivity contribution in [2.45, 2.75) is 19.4 Å². The van der Waals surface area contributed by atoms with Crippen LogP contribution in [0.25, 0.3) is 0 Å². The molecule has 1 amide bonds. The highest BCUT2D eigenvalue weighted by Gasteiger charge is 2.36. The van der Waals surface area contributed by atoms with Gasteiger partial charge in [0.1, 0.15) is 6.04 Å². The number of hydrogen-bond donors (Lipinski definition) is 1. The van der Waals surface area contributed by atoms with E-state index in [0.717, 1.165) is 10.7 Å². The smallest absolute Gasteiger partial charge is 0.240 e. The van der Waals surface area contributed by atoms with Crippen LogP contribution in [0.3, 0.4) is 0 Å². The van der Waals surface area contributed by atoms with Crippen molar-refractivity contribution in [3.8, 4) is 6.07 Å². The third-order valence-electron chi connectivity index (χ3n) is 2.54. The number of nitriles is 1. The SMILES string of the molecule is CCCNC(=O)C1COCCN1S(=O)(=O)CC#N. The topological polar surface area (TPSA) is 99.5 Å². The molecular weight excluding hydrogens is 258 g/mol. The van der Waals surface area contributed by atoms with Gasteiger partial charge < -0.3 is 10.1 Å². The maximum absolute atomic E-state index is 11.8. The standard InChI is InChI=1S/C10H17N3O4S/c1-2-4-12-10(14)9-8-17-6-5-13(9)18(15,16)7-3-11/h9H,2,4-8H2,1H3,(H,12,14). The zero-order valence-electron chi connectivity index (χ0n) is 10.3. The number of morpholine rings is 1. The molecule has 102 valence electrons. The first-order valence-corrected chi connectivity index (χ1v) is 7.35. The molecule has 1 N–H and O–H groups in total. The summed E-state index contributed by atoms with van der Waals surface area (Å²) in [6.45, 7) is 2.76. The molecule has 0 aromatic rings. The molecule has 1 aliphatic heterocycles. The molecule has 1 aliphatic rings. The van der Waals surface area contributed by atoms with Crippen molar-refractivity contribution in [2.75, 3.05) is 32.1 Å². The lowest BCUT2D eigenvalue weighted by molar-refractivity contribution is -0.129. The summed E-state index contributed by atoms with van der Waals surface area (Å²) in [5.74, 6) is -0.997. The maximum atomic E-state index is 11.8. The Morgan fingerprint density at radius 2 is 2.33 bits per heavy atom. The molecule has 7 nitrogen and oxygen atoms in total. The number of rotatable bonds is 5. The fourth-order valence-electron chi connectivity index (χ4n) is 1.66. The summed E-state index contributed by atoms with van der Waals surface area (Å²) in [6, 6.07) is 0.734. The van der Waals surface area contributed by atoms with E-state index in [1.165, 1.54) is 0 Å². The Morgan fingerprint density at radius 3 is 2.94 bits per heavy atom. The van der Waals surface area contributed by atoms with Crippen LogP contribution < -0.4 is 5.32 Å². The second-order valence-corrected chi connectivity index (χ2v) is 5.83. The second kappa shape index (κ2) is 6.68. The number of nitrogens with one attached hydrogen (secondary N) is 1. The predicted octanol–water partition coefficient (Wildman–Crippen LogP) is -0.933. The highest BCUT2D eigenvalue weighted by atomic mass is 32.2. The quantitative estimate of drug-likeness (QED) is 0.698. The molecule has 1 atom stereocenters. The number of carbonyl (C=O) groups is 1. The average molecular weight is 275 g/mol. The summed E-state index contributed by atoms with van der Waals surface area (Å²) in [6.07, 6.45) is 0.768. The third kappa shape index (κ3) is 3.66. The normalized spacial score (nSPS) is 21.2. The Hall–Kier alpha value is -1.17. The van der Waals surface area contributed by atoms with E-state index in [2.05, 4.69) is 5.32 Å². The van der Waals surface area contributed by atoms with Crippen LogP contribution in [0.1, 0.15) is 13.3 Å². The molecule has 0 aliphatic carbocycles. The summed E-state index contributed by atoms with van der Waals surface area (Å²) in [7, 11) is -3.72. The highest BCUT2D eigenvalue weighted by molar-refractivity contribution is 7.89. The molecule has 1 rings (SSSR count). The molecule has 1 fully saturated rings. The van der Waals surface area contributed by atoms with Gasteiger partial charge in [-0.1, -0.05) is 6.92 Å². The van der Waals surface area contributed by atoms with E-state index in [-0.39, 0.29) is 25.7 Å². The summed E-state index contributed by atoms with van der Waals surface area (Å²) in [4.78, 5) is 11.8. The Balaban J connectivity index is 2.80. The van der Waals surface area contributed by atoms with Gasteiger partial charge in [-0.2, -0.15) is 9.57 Å². The Morgan fingerprint density at radius 1 is 1.61 bits per heavy atom. The first-order valence-electron chi connectivity index (χ1n) is 5.75. The monoisotopic (exact) mass is 275 g/mol. The number of hydrogen-bond acceptors (Lipinski definition) is 5. The minimum Gasteiger partial charge on any atom is -0.378 e. The number of carbonyl (C=O) groups excluding carboxylic acids is 1. The van der Waals surface area contributed by atoms with Crippen LogP contribution in [-0.4, -0.2) is 56.7 Å². The van der Waals surface area contributed by atoms with Crippen molar-refractivity contribution in [3.63, 3.8) is 0 Å². The highest BCUT2D eigenvalue weighted by Crippen LogP contribution is 2.13. The van der Waals surface area contributed by atoms with Crippen LogP contribution in [-0.2, 0) is 19.6 Å². The summed E-state index contributed by atoms with van der Waals surface area (Å²) in [5, 5.41) is 11.1. The number of sulfonamides is 1. The molecule has 0 aromatic heterocycles. The minimum atomic E-state index is -3.72. The molecular formula is C10H17N3O4S. The van der Waals surface area contributed by atoms with Crippen molar-refractivity contribution < 1.29 is 17.9 Å². The van der Waals surface area contributed by atoms with Crippen molar-refractivity contribution in [1.29, 1.82) is 5.26 Å². The maximum Gasteiger partial charge on any atom is 0.240 e. The zero-order chi connectivity index (χ0) is 13.6. The van der Waals surface area contributed by atoms with Crippen LogP contribution in [0.2, 0.25) is 0 Å². The van der Waals surface area contributed by atoms with Gasteiger partial charge in [-0.3, -0.25) is 4.79 Å². The fourth-order valence-corrected chi connectivity index (χ4v) is 2.88. The molecule has 0 spiro atoms. The van der Waals surface area contributed by atoms with E-state index in [0.29, 0.717) is 6.54 Å². The fraction of sp³-hybridized carbons (Fsp3) is 0.800. The largest absolute Gasteiger partial charge is 0.378 e. The number of nitrogens with zero attached hydrogens (tertiary/aromatic N) is 2. The molecule has 1 unspecified atom stereocenters. The van der Waals surface area contributed by atoms with Gasteiger partial charge in [-0.25, -0.2) is 8.42 Å². The van der Waals surface area contributed by atoms with Crippen LogP contribution >= 0.6 is 0 Å². The summed E-state index contributed by atoms with van der Waals surface area (Å²) < 4.78 is 29.9. The Labute approximate surface area is 107 Å². The molecule has 1 heterocycles. The van der Waals surface area contributed by atoms with Crippen molar-refractivity contribution >= 4 is 15.9 Å². The Kier molecular flexibility index (Phi) is 5.53. The van der Waals surface area contributed by atoms with E-state index in [4.69, 9.17) is 10.00 Å². The lowest BCUT2D eigenvalue weighted by atomic mass is 10.2.